The number of hydrogen-bond acceptors (Lipinski definition) is 7. The second kappa shape index (κ2) is 8.32. The zero-order chi connectivity index (χ0) is 17.5. The van der Waals surface area contributed by atoms with Crippen LogP contribution in [0.2, 0.25) is 0 Å². The lowest BCUT2D eigenvalue weighted by Gasteiger charge is -2.09. The number of rotatable bonds is 7. The van der Waals surface area contributed by atoms with Crippen LogP contribution in [0.1, 0.15) is 11.1 Å². The molecule has 0 saturated heterocycles. The Balaban J connectivity index is 1.81. The normalized spacial score (nSPS) is 10.4. The van der Waals surface area contributed by atoms with E-state index in [0.717, 1.165) is 16.7 Å². The van der Waals surface area contributed by atoms with Gasteiger partial charge in [0.05, 0.1) is 18.2 Å². The molecule has 7 nitrogen and oxygen atoms in total. The van der Waals surface area contributed by atoms with Crippen LogP contribution in [0.15, 0.2) is 60.9 Å². The van der Waals surface area contributed by atoms with Crippen LogP contribution in [0.4, 0.5) is 0 Å². The van der Waals surface area contributed by atoms with Crippen LogP contribution in [-0.2, 0) is 15.9 Å². The first-order valence-electron chi connectivity index (χ1n) is 7.28. The van der Waals surface area contributed by atoms with Gasteiger partial charge in [-0.1, -0.05) is 18.2 Å². The van der Waals surface area contributed by atoms with E-state index in [-0.39, 0.29) is 0 Å². The van der Waals surface area contributed by atoms with Crippen LogP contribution in [0, 0.1) is 11.3 Å². The van der Waals surface area contributed by atoms with Gasteiger partial charge < -0.3 is 4.18 Å². The molecule has 0 bridgehead atoms. The van der Waals surface area contributed by atoms with Crippen molar-refractivity contribution in [3.8, 4) is 22.9 Å². The van der Waals surface area contributed by atoms with Gasteiger partial charge in [-0.05, 0) is 47.0 Å². The van der Waals surface area contributed by atoms with Crippen molar-refractivity contribution in [3.05, 3.63) is 72.1 Å². The molecular formula is C17H14N4O3S. The monoisotopic (exact) mass is 354 g/mol. The summed E-state index contributed by atoms with van der Waals surface area (Å²) in [6.07, 6.45) is 3.58. The molecule has 0 aliphatic rings. The van der Waals surface area contributed by atoms with E-state index in [4.69, 9.17) is 10.1 Å². The fourth-order valence-corrected chi connectivity index (χ4v) is 2.60. The smallest absolute Gasteiger partial charge is 0.260 e. The highest BCUT2D eigenvalue weighted by Crippen LogP contribution is 2.26. The first-order chi connectivity index (χ1) is 12.3. The standard InChI is InChI=1S/C17H14N4O3S/c18-11-15-3-2-14(10-16(15)12-21-9-1-8-20-21)13-4-6-17(7-5-13)22-25-24-23-19/h1-10H,12,19H2. The Kier molecular flexibility index (Phi) is 5.66. The zero-order valence-corrected chi connectivity index (χ0v) is 13.8. The second-order valence-corrected chi connectivity index (χ2v) is 5.47. The van der Waals surface area contributed by atoms with Crippen LogP contribution in [0.5, 0.6) is 5.75 Å². The Morgan fingerprint density at radius 1 is 1.16 bits per heavy atom. The molecule has 25 heavy (non-hydrogen) atoms. The fourth-order valence-electron chi connectivity index (χ4n) is 2.35. The number of nitriles is 1. The maximum atomic E-state index is 9.32. The summed E-state index contributed by atoms with van der Waals surface area (Å²) in [6.45, 7) is 0.540. The van der Waals surface area contributed by atoms with Crippen molar-refractivity contribution in [2.45, 2.75) is 6.54 Å². The van der Waals surface area contributed by atoms with Crippen molar-refractivity contribution in [3.63, 3.8) is 0 Å². The maximum Gasteiger partial charge on any atom is 0.260 e. The minimum absolute atomic E-state index is 0.540. The maximum absolute atomic E-state index is 9.32. The molecule has 0 unspecified atom stereocenters. The molecule has 0 amide bonds. The molecule has 0 radical (unpaired) electrons. The van der Waals surface area contributed by atoms with Gasteiger partial charge in [0.15, 0.2) is 0 Å². The number of hydrogen-bond donors (Lipinski definition) is 1. The average Bonchev–Trinajstić information content (AvgIpc) is 3.15. The molecule has 3 aromatic rings. The van der Waals surface area contributed by atoms with Gasteiger partial charge in [0.2, 0.25) is 0 Å². The Bertz CT molecular complexity index is 861. The van der Waals surface area contributed by atoms with Gasteiger partial charge in [0.1, 0.15) is 5.75 Å². The number of nitrogens with two attached hydrogens (primary N) is 1. The predicted molar refractivity (Wildman–Crippen MR) is 92.5 cm³/mol. The van der Waals surface area contributed by atoms with E-state index in [1.54, 1.807) is 23.0 Å². The SMILES string of the molecule is N#Cc1ccc(-c2ccc(OSOON)cc2)cc1Cn1cccn1. The molecule has 2 N–H and O–H groups in total. The van der Waals surface area contributed by atoms with Crippen molar-refractivity contribution in [1.82, 2.24) is 9.78 Å². The number of nitrogens with zero attached hydrogens (tertiary/aromatic N) is 3. The number of benzene rings is 2. The summed E-state index contributed by atoms with van der Waals surface area (Å²) >= 11 is 0.625. The van der Waals surface area contributed by atoms with Crippen LogP contribution < -0.4 is 10.1 Å². The van der Waals surface area contributed by atoms with Crippen molar-refractivity contribution >= 4 is 12.3 Å². The topological polar surface area (TPSA) is 95.3 Å². The highest BCUT2D eigenvalue weighted by atomic mass is 32.2. The van der Waals surface area contributed by atoms with Crippen molar-refractivity contribution in [1.29, 1.82) is 5.26 Å². The molecule has 0 aliphatic carbocycles. The Hall–Kier alpha value is -2.83. The third kappa shape index (κ3) is 4.37. The second-order valence-electron chi connectivity index (χ2n) is 5.03. The quantitative estimate of drug-likeness (QED) is 0.301. The Morgan fingerprint density at radius 3 is 2.64 bits per heavy atom. The summed E-state index contributed by atoms with van der Waals surface area (Å²) < 4.78 is 11.4. The molecule has 0 spiro atoms. The number of aromatic nitrogens is 2. The van der Waals surface area contributed by atoms with Gasteiger partial charge in [-0.3, -0.25) is 4.68 Å². The highest BCUT2D eigenvalue weighted by Gasteiger charge is 2.07. The minimum Gasteiger partial charge on any atom is -0.399 e. The molecule has 8 heteroatoms. The van der Waals surface area contributed by atoms with E-state index >= 15 is 0 Å². The molecule has 3 rings (SSSR count). The third-order valence-corrected chi connectivity index (χ3v) is 3.90. The molecular weight excluding hydrogens is 340 g/mol. The molecule has 0 fully saturated rings. The van der Waals surface area contributed by atoms with Gasteiger partial charge >= 0.3 is 0 Å². The van der Waals surface area contributed by atoms with Crippen LogP contribution in [0.25, 0.3) is 11.1 Å². The lowest BCUT2D eigenvalue weighted by Crippen LogP contribution is -2.02. The van der Waals surface area contributed by atoms with Gasteiger partial charge in [0.25, 0.3) is 12.3 Å². The van der Waals surface area contributed by atoms with Crippen molar-refractivity contribution in [2.75, 3.05) is 0 Å². The largest absolute Gasteiger partial charge is 0.399 e. The first-order valence-corrected chi connectivity index (χ1v) is 7.94. The van der Waals surface area contributed by atoms with Gasteiger partial charge in [-0.25, -0.2) is 0 Å². The predicted octanol–water partition coefficient (Wildman–Crippen LogP) is 3.23. The Morgan fingerprint density at radius 2 is 1.96 bits per heavy atom. The van der Waals surface area contributed by atoms with E-state index < -0.39 is 0 Å². The molecule has 0 atom stereocenters. The summed E-state index contributed by atoms with van der Waals surface area (Å²) in [5, 5.41) is 13.5. The van der Waals surface area contributed by atoms with Crippen LogP contribution in [-0.4, -0.2) is 9.78 Å². The Labute approximate surface area is 148 Å². The molecule has 0 aliphatic heterocycles. The van der Waals surface area contributed by atoms with Crippen LogP contribution >= 0.6 is 12.3 Å². The van der Waals surface area contributed by atoms with Crippen LogP contribution in [0.3, 0.4) is 0 Å². The van der Waals surface area contributed by atoms with E-state index in [1.807, 2.05) is 42.6 Å². The van der Waals surface area contributed by atoms with Crippen molar-refractivity contribution in [2.24, 2.45) is 5.90 Å². The third-order valence-electron chi connectivity index (χ3n) is 3.50. The first kappa shape index (κ1) is 17.0. The minimum atomic E-state index is 0.540. The molecule has 0 saturated carbocycles. The van der Waals surface area contributed by atoms with Gasteiger partial charge in [-0.15, -0.1) is 9.32 Å². The zero-order valence-electron chi connectivity index (χ0n) is 13.0. The summed E-state index contributed by atoms with van der Waals surface area (Å²) in [5.41, 5.74) is 3.55. The van der Waals surface area contributed by atoms with E-state index in [2.05, 4.69) is 20.5 Å². The summed E-state index contributed by atoms with van der Waals surface area (Å²) in [4.78, 5) is 3.94. The molecule has 1 aromatic heterocycles. The summed E-state index contributed by atoms with van der Waals surface area (Å²) in [7, 11) is 0. The van der Waals surface area contributed by atoms with Crippen molar-refractivity contribution < 1.29 is 13.5 Å². The average molecular weight is 354 g/mol. The summed E-state index contributed by atoms with van der Waals surface area (Å²) in [5.74, 6) is 5.32. The van der Waals surface area contributed by atoms with Gasteiger partial charge in [-0.2, -0.15) is 16.3 Å². The molecule has 126 valence electrons. The lowest BCUT2D eigenvalue weighted by atomic mass is 9.99. The summed E-state index contributed by atoms with van der Waals surface area (Å²) in [6, 6.07) is 17.2. The molecule has 1 heterocycles. The van der Waals surface area contributed by atoms with Gasteiger partial charge in [0, 0.05) is 12.4 Å². The lowest BCUT2D eigenvalue weighted by molar-refractivity contribution is -0.199. The molecule has 2 aromatic carbocycles. The van der Waals surface area contributed by atoms with E-state index in [1.165, 1.54) is 0 Å². The van der Waals surface area contributed by atoms with E-state index in [0.29, 0.717) is 30.2 Å². The highest BCUT2D eigenvalue weighted by molar-refractivity contribution is 7.90. The fraction of sp³-hybridized carbons (Fsp3) is 0.0588. The van der Waals surface area contributed by atoms with E-state index in [9.17, 15) is 5.26 Å².